The zero-order valence-electron chi connectivity index (χ0n) is 11.9. The van der Waals surface area contributed by atoms with Crippen molar-refractivity contribution in [2.75, 3.05) is 13.2 Å². The number of hydrogen-bond acceptors (Lipinski definition) is 6. The summed E-state index contributed by atoms with van der Waals surface area (Å²) in [6.07, 6.45) is 2.31. The maximum atomic E-state index is 11.9. The van der Waals surface area contributed by atoms with Crippen molar-refractivity contribution in [2.24, 2.45) is 0 Å². The fourth-order valence-corrected chi connectivity index (χ4v) is 2.15. The Hall–Kier alpha value is -1.96. The molecule has 2 heterocycles. The fraction of sp³-hybridized carbons (Fsp3) is 0.692. The minimum absolute atomic E-state index is 0.00468. The summed E-state index contributed by atoms with van der Waals surface area (Å²) in [6.45, 7) is 2.34. The molecule has 1 saturated heterocycles. The number of amides is 1. The number of aryl methyl sites for hydroxylation is 2. The number of carbonyl (C=O) groups excluding carboxylic acids is 1. The molecule has 21 heavy (non-hydrogen) atoms. The highest BCUT2D eigenvalue weighted by atomic mass is 16.5. The zero-order valence-corrected chi connectivity index (χ0v) is 11.9. The van der Waals surface area contributed by atoms with Gasteiger partial charge in [-0.05, 0) is 6.42 Å². The highest BCUT2D eigenvalue weighted by molar-refractivity contribution is 5.87. The van der Waals surface area contributed by atoms with Crippen LogP contribution in [-0.2, 0) is 27.2 Å². The second-order valence-corrected chi connectivity index (χ2v) is 5.09. The van der Waals surface area contributed by atoms with Gasteiger partial charge in [-0.15, -0.1) is 0 Å². The molecule has 0 aliphatic carbocycles. The van der Waals surface area contributed by atoms with Crippen LogP contribution in [0.5, 0.6) is 0 Å². The summed E-state index contributed by atoms with van der Waals surface area (Å²) in [5.74, 6) is -0.422. The number of hydrogen-bond donors (Lipinski definition) is 2. The molecule has 0 aromatic carbocycles. The molecule has 1 aromatic rings. The fourth-order valence-electron chi connectivity index (χ4n) is 2.15. The number of nitrogens with one attached hydrogen (secondary N) is 1. The minimum atomic E-state index is -1.31. The number of ether oxygens (including phenoxy) is 1. The molecule has 1 aliphatic rings. The monoisotopic (exact) mass is 297 g/mol. The van der Waals surface area contributed by atoms with E-state index in [9.17, 15) is 14.7 Å². The summed E-state index contributed by atoms with van der Waals surface area (Å²) in [7, 11) is 0. The molecular weight excluding hydrogens is 278 g/mol. The van der Waals surface area contributed by atoms with Crippen LogP contribution in [0.1, 0.15) is 37.9 Å². The van der Waals surface area contributed by atoms with Crippen molar-refractivity contribution in [3.05, 3.63) is 11.7 Å². The van der Waals surface area contributed by atoms with Gasteiger partial charge in [-0.1, -0.05) is 12.1 Å². The molecule has 2 N–H and O–H groups in total. The second kappa shape index (κ2) is 6.66. The van der Waals surface area contributed by atoms with E-state index in [1.807, 2.05) is 6.92 Å². The predicted molar refractivity (Wildman–Crippen MR) is 70.6 cm³/mol. The molecular formula is C13H19N3O5. The van der Waals surface area contributed by atoms with Crippen molar-refractivity contribution in [3.63, 3.8) is 0 Å². The van der Waals surface area contributed by atoms with Crippen molar-refractivity contribution in [2.45, 2.75) is 44.6 Å². The summed E-state index contributed by atoms with van der Waals surface area (Å²) in [5, 5.41) is 15.6. The molecule has 1 atom stereocenters. The van der Waals surface area contributed by atoms with Crippen LogP contribution in [0.4, 0.5) is 0 Å². The normalized spacial score (nSPS) is 21.4. The van der Waals surface area contributed by atoms with Crippen molar-refractivity contribution >= 4 is 11.9 Å². The second-order valence-electron chi connectivity index (χ2n) is 5.09. The first-order valence-corrected chi connectivity index (χ1v) is 6.99. The van der Waals surface area contributed by atoms with Crippen LogP contribution >= 0.6 is 0 Å². The maximum absolute atomic E-state index is 11.9. The number of carboxylic acids is 1. The highest BCUT2D eigenvalue weighted by Gasteiger charge is 2.43. The first-order chi connectivity index (χ1) is 10.1. The van der Waals surface area contributed by atoms with Gasteiger partial charge in [0.2, 0.25) is 11.8 Å². The lowest BCUT2D eigenvalue weighted by Crippen LogP contribution is -2.55. The van der Waals surface area contributed by atoms with E-state index in [0.29, 0.717) is 24.7 Å². The number of carbonyl (C=O) groups is 2. The number of aliphatic carboxylic acids is 1. The lowest BCUT2D eigenvalue weighted by Gasteiger charge is -2.23. The van der Waals surface area contributed by atoms with E-state index in [4.69, 9.17) is 9.26 Å². The van der Waals surface area contributed by atoms with E-state index in [2.05, 4.69) is 15.5 Å². The highest BCUT2D eigenvalue weighted by Crippen LogP contribution is 2.19. The van der Waals surface area contributed by atoms with Crippen LogP contribution < -0.4 is 5.32 Å². The predicted octanol–water partition coefficient (Wildman–Crippen LogP) is 0.315. The Bertz CT molecular complexity index is 508. The molecule has 1 unspecified atom stereocenters. The topological polar surface area (TPSA) is 115 Å². The van der Waals surface area contributed by atoms with E-state index in [0.717, 1.165) is 12.8 Å². The Kier molecular flexibility index (Phi) is 4.89. The summed E-state index contributed by atoms with van der Waals surface area (Å²) in [5.41, 5.74) is -1.31. The van der Waals surface area contributed by atoms with Gasteiger partial charge < -0.3 is 19.7 Å². The average molecular weight is 297 g/mol. The Morgan fingerprint density at radius 1 is 1.43 bits per heavy atom. The van der Waals surface area contributed by atoms with Crippen molar-refractivity contribution < 1.29 is 24.0 Å². The molecule has 0 spiro atoms. The lowest BCUT2D eigenvalue weighted by molar-refractivity contribution is -0.147. The third kappa shape index (κ3) is 3.78. The smallest absolute Gasteiger partial charge is 0.331 e. The summed E-state index contributed by atoms with van der Waals surface area (Å²) >= 11 is 0. The van der Waals surface area contributed by atoms with Gasteiger partial charge in [0.05, 0.1) is 6.61 Å². The van der Waals surface area contributed by atoms with Gasteiger partial charge in [0.25, 0.3) is 0 Å². The third-order valence-corrected chi connectivity index (χ3v) is 3.36. The molecule has 1 aromatic heterocycles. The summed E-state index contributed by atoms with van der Waals surface area (Å²) in [4.78, 5) is 27.3. The van der Waals surface area contributed by atoms with Gasteiger partial charge >= 0.3 is 5.97 Å². The van der Waals surface area contributed by atoms with Crippen molar-refractivity contribution in [3.8, 4) is 0 Å². The molecule has 1 aliphatic heterocycles. The maximum Gasteiger partial charge on any atom is 0.331 e. The van der Waals surface area contributed by atoms with Crippen LogP contribution in [0, 0.1) is 0 Å². The van der Waals surface area contributed by atoms with E-state index in [1.165, 1.54) is 0 Å². The number of rotatable bonds is 7. The average Bonchev–Trinajstić information content (AvgIpc) is 3.07. The number of aromatic nitrogens is 2. The molecule has 116 valence electrons. The van der Waals surface area contributed by atoms with E-state index in [1.54, 1.807) is 0 Å². The van der Waals surface area contributed by atoms with Gasteiger partial charge in [-0.2, -0.15) is 4.98 Å². The van der Waals surface area contributed by atoms with Crippen LogP contribution in [-0.4, -0.2) is 45.9 Å². The van der Waals surface area contributed by atoms with Gasteiger partial charge in [-0.25, -0.2) is 4.79 Å². The molecule has 1 fully saturated rings. The largest absolute Gasteiger partial charge is 0.479 e. The zero-order chi connectivity index (χ0) is 15.3. The van der Waals surface area contributed by atoms with Crippen LogP contribution in [0.3, 0.4) is 0 Å². The van der Waals surface area contributed by atoms with Gasteiger partial charge in [0, 0.05) is 32.3 Å². The van der Waals surface area contributed by atoms with Crippen LogP contribution in [0.15, 0.2) is 4.52 Å². The first kappa shape index (κ1) is 15.4. The van der Waals surface area contributed by atoms with E-state index in [-0.39, 0.29) is 25.4 Å². The van der Waals surface area contributed by atoms with Gasteiger partial charge in [0.15, 0.2) is 11.4 Å². The summed E-state index contributed by atoms with van der Waals surface area (Å²) < 4.78 is 10.1. The molecule has 8 heteroatoms. The van der Waals surface area contributed by atoms with Crippen molar-refractivity contribution in [1.82, 2.24) is 15.5 Å². The number of nitrogens with zero attached hydrogens (tertiary/aromatic N) is 2. The Morgan fingerprint density at radius 3 is 2.86 bits per heavy atom. The molecule has 8 nitrogen and oxygen atoms in total. The Labute approximate surface area is 121 Å². The lowest BCUT2D eigenvalue weighted by atomic mass is 9.98. The molecule has 2 rings (SSSR count). The van der Waals surface area contributed by atoms with Crippen LogP contribution in [0.2, 0.25) is 0 Å². The molecule has 1 amide bonds. The Morgan fingerprint density at radius 2 is 2.24 bits per heavy atom. The van der Waals surface area contributed by atoms with Gasteiger partial charge in [0.1, 0.15) is 0 Å². The standard InChI is InChI=1S/C13H19N3O5/c1-2-3-9-14-11(21-16-9)5-4-10(17)15-13(12(18)19)6-7-20-8-13/h2-8H2,1H3,(H,15,17)(H,18,19). The van der Waals surface area contributed by atoms with Crippen molar-refractivity contribution in [1.29, 1.82) is 0 Å². The molecule has 0 radical (unpaired) electrons. The van der Waals surface area contributed by atoms with Crippen LogP contribution in [0.25, 0.3) is 0 Å². The Balaban J connectivity index is 1.85. The molecule has 0 bridgehead atoms. The first-order valence-electron chi connectivity index (χ1n) is 6.99. The van der Waals surface area contributed by atoms with E-state index >= 15 is 0 Å². The quantitative estimate of drug-likeness (QED) is 0.744. The SMILES string of the molecule is CCCc1noc(CCC(=O)NC2(C(=O)O)CCOC2)n1. The third-order valence-electron chi connectivity index (χ3n) is 3.36. The minimum Gasteiger partial charge on any atom is -0.479 e. The van der Waals surface area contributed by atoms with Gasteiger partial charge in [-0.3, -0.25) is 4.79 Å². The van der Waals surface area contributed by atoms with E-state index < -0.39 is 11.5 Å². The summed E-state index contributed by atoms with van der Waals surface area (Å²) in [6, 6.07) is 0. The number of carboxylic acid groups (broad SMARTS) is 1. The molecule has 0 saturated carbocycles.